The summed E-state index contributed by atoms with van der Waals surface area (Å²) in [4.78, 5) is 4.69. The number of rotatable bonds is 2. The molecule has 0 radical (unpaired) electrons. The lowest BCUT2D eigenvalue weighted by molar-refractivity contribution is 1.25. The molecule has 0 unspecified atom stereocenters. The van der Waals surface area contributed by atoms with Crippen LogP contribution in [0.3, 0.4) is 0 Å². The molecule has 106 valence electrons. The van der Waals surface area contributed by atoms with Gasteiger partial charge in [0.15, 0.2) is 0 Å². The molecule has 3 aromatic rings. The van der Waals surface area contributed by atoms with Crippen LogP contribution in [-0.2, 0) is 6.42 Å². The largest absolute Gasteiger partial charge is 0.256 e. The van der Waals surface area contributed by atoms with E-state index in [1.54, 1.807) is 0 Å². The number of aliphatic imine (C=N–C) groups is 1. The van der Waals surface area contributed by atoms with Gasteiger partial charge in [0.05, 0.1) is 5.69 Å². The predicted octanol–water partition coefficient (Wildman–Crippen LogP) is 5.66. The van der Waals surface area contributed by atoms with Crippen molar-refractivity contribution in [2.45, 2.75) is 6.42 Å². The molecule has 0 heterocycles. The maximum absolute atomic E-state index is 6.02. The van der Waals surface area contributed by atoms with Crippen molar-refractivity contribution in [3.63, 3.8) is 0 Å². The normalized spacial score (nSPS) is 12.4. The molecule has 0 atom stereocenters. The van der Waals surface area contributed by atoms with E-state index in [1.165, 1.54) is 22.3 Å². The molecule has 0 bridgehead atoms. The maximum Gasteiger partial charge on any atom is 0.0671 e. The van der Waals surface area contributed by atoms with Gasteiger partial charge >= 0.3 is 0 Å². The molecule has 0 spiro atoms. The van der Waals surface area contributed by atoms with Crippen LogP contribution >= 0.6 is 11.6 Å². The molecule has 0 amide bonds. The van der Waals surface area contributed by atoms with E-state index in [4.69, 9.17) is 11.6 Å². The van der Waals surface area contributed by atoms with Crippen molar-refractivity contribution in [1.29, 1.82) is 0 Å². The molecule has 3 aromatic carbocycles. The number of hydrogen-bond acceptors (Lipinski definition) is 1. The molecule has 0 N–H and O–H groups in total. The van der Waals surface area contributed by atoms with Crippen LogP contribution in [0.15, 0.2) is 71.7 Å². The summed E-state index contributed by atoms with van der Waals surface area (Å²) in [5.41, 5.74) is 7.37. The number of fused-ring (bicyclic) bond motifs is 3. The molecule has 2 heteroatoms. The average Bonchev–Trinajstić information content (AvgIpc) is 2.92. The molecule has 22 heavy (non-hydrogen) atoms. The smallest absolute Gasteiger partial charge is 0.0671 e. The Labute approximate surface area is 134 Å². The monoisotopic (exact) mass is 303 g/mol. The summed E-state index contributed by atoms with van der Waals surface area (Å²) in [6, 6.07) is 22.6. The summed E-state index contributed by atoms with van der Waals surface area (Å²) in [5.74, 6) is 0. The molecule has 0 aliphatic heterocycles. The molecule has 1 aliphatic carbocycles. The maximum atomic E-state index is 6.02. The van der Waals surface area contributed by atoms with Gasteiger partial charge in [0.2, 0.25) is 0 Å². The van der Waals surface area contributed by atoms with Crippen LogP contribution < -0.4 is 0 Å². The lowest BCUT2D eigenvalue weighted by Gasteiger charge is -2.03. The van der Waals surface area contributed by atoms with Crippen LogP contribution in [0.5, 0.6) is 0 Å². The highest BCUT2D eigenvalue weighted by atomic mass is 35.5. The number of benzene rings is 3. The molecular weight excluding hydrogens is 290 g/mol. The lowest BCUT2D eigenvalue weighted by Crippen LogP contribution is -1.84. The van der Waals surface area contributed by atoms with E-state index in [1.807, 2.05) is 30.5 Å². The van der Waals surface area contributed by atoms with Crippen LogP contribution in [0.2, 0.25) is 5.02 Å². The summed E-state index contributed by atoms with van der Waals surface area (Å²) >= 11 is 6.02. The third-order valence-electron chi connectivity index (χ3n) is 4.03. The SMILES string of the molecule is Clc1cccc(C=Nc2cccc3c2Cc2ccccc2-3)c1. The van der Waals surface area contributed by atoms with Crippen LogP contribution in [0.1, 0.15) is 16.7 Å². The van der Waals surface area contributed by atoms with Gasteiger partial charge in [0.1, 0.15) is 0 Å². The van der Waals surface area contributed by atoms with Crippen molar-refractivity contribution >= 4 is 23.5 Å². The summed E-state index contributed by atoms with van der Waals surface area (Å²) in [6.45, 7) is 0. The predicted molar refractivity (Wildman–Crippen MR) is 93.4 cm³/mol. The Balaban J connectivity index is 1.73. The Morgan fingerprint density at radius 3 is 2.59 bits per heavy atom. The van der Waals surface area contributed by atoms with Crippen molar-refractivity contribution in [1.82, 2.24) is 0 Å². The number of hydrogen-bond donors (Lipinski definition) is 0. The summed E-state index contributed by atoms with van der Waals surface area (Å²) < 4.78 is 0. The Kier molecular flexibility index (Phi) is 3.28. The summed E-state index contributed by atoms with van der Waals surface area (Å²) in [5, 5.41) is 0.731. The quantitative estimate of drug-likeness (QED) is 0.424. The van der Waals surface area contributed by atoms with Gasteiger partial charge in [-0.3, -0.25) is 4.99 Å². The van der Waals surface area contributed by atoms with E-state index in [0.29, 0.717) is 0 Å². The fourth-order valence-corrected chi connectivity index (χ4v) is 3.19. The molecule has 0 aromatic heterocycles. The van der Waals surface area contributed by atoms with Gasteiger partial charge in [0, 0.05) is 17.7 Å². The van der Waals surface area contributed by atoms with E-state index < -0.39 is 0 Å². The fourth-order valence-electron chi connectivity index (χ4n) is 2.99. The number of nitrogens with zero attached hydrogens (tertiary/aromatic N) is 1. The number of halogens is 1. The van der Waals surface area contributed by atoms with Gasteiger partial charge in [-0.05, 0) is 46.0 Å². The van der Waals surface area contributed by atoms with Crippen molar-refractivity contribution in [3.8, 4) is 11.1 Å². The first kappa shape index (κ1) is 13.3. The zero-order valence-corrected chi connectivity index (χ0v) is 12.7. The van der Waals surface area contributed by atoms with Crippen molar-refractivity contribution in [2.75, 3.05) is 0 Å². The minimum atomic E-state index is 0.731. The highest BCUT2D eigenvalue weighted by molar-refractivity contribution is 6.30. The summed E-state index contributed by atoms with van der Waals surface area (Å²) in [7, 11) is 0. The van der Waals surface area contributed by atoms with Crippen LogP contribution in [0.25, 0.3) is 11.1 Å². The Morgan fingerprint density at radius 1 is 0.864 bits per heavy atom. The Bertz CT molecular complexity index is 880. The third kappa shape index (κ3) is 2.34. The first-order valence-electron chi connectivity index (χ1n) is 7.31. The zero-order valence-electron chi connectivity index (χ0n) is 12.0. The van der Waals surface area contributed by atoms with Crippen LogP contribution in [0.4, 0.5) is 5.69 Å². The van der Waals surface area contributed by atoms with Crippen LogP contribution in [0, 0.1) is 0 Å². The highest BCUT2D eigenvalue weighted by Crippen LogP contribution is 2.40. The van der Waals surface area contributed by atoms with E-state index >= 15 is 0 Å². The molecule has 1 nitrogen and oxygen atoms in total. The molecular formula is C20H14ClN. The minimum Gasteiger partial charge on any atom is -0.256 e. The van der Waals surface area contributed by atoms with Gasteiger partial charge < -0.3 is 0 Å². The molecule has 1 aliphatic rings. The van der Waals surface area contributed by atoms with Crippen molar-refractivity contribution in [2.24, 2.45) is 4.99 Å². The third-order valence-corrected chi connectivity index (χ3v) is 4.26. The second-order valence-electron chi connectivity index (χ2n) is 5.45. The average molecular weight is 304 g/mol. The van der Waals surface area contributed by atoms with Gasteiger partial charge in [-0.1, -0.05) is 60.1 Å². The lowest BCUT2D eigenvalue weighted by atomic mass is 10.1. The Morgan fingerprint density at radius 2 is 1.68 bits per heavy atom. The first-order chi connectivity index (χ1) is 10.8. The molecule has 0 saturated heterocycles. The standard InChI is InChI=1S/C20H14ClN/c21-16-7-3-5-14(11-16)13-22-20-10-4-9-18-17-8-2-1-6-15(17)12-19(18)20/h1-11,13H,12H2. The van der Waals surface area contributed by atoms with E-state index in [2.05, 4.69) is 47.5 Å². The fraction of sp³-hybridized carbons (Fsp3) is 0.0500. The van der Waals surface area contributed by atoms with Gasteiger partial charge in [-0.25, -0.2) is 0 Å². The highest BCUT2D eigenvalue weighted by Gasteiger charge is 2.19. The second-order valence-corrected chi connectivity index (χ2v) is 5.89. The first-order valence-corrected chi connectivity index (χ1v) is 7.69. The van der Waals surface area contributed by atoms with E-state index in [0.717, 1.165) is 22.7 Å². The second kappa shape index (κ2) is 5.43. The molecule has 0 fully saturated rings. The van der Waals surface area contributed by atoms with Gasteiger partial charge in [-0.2, -0.15) is 0 Å². The topological polar surface area (TPSA) is 12.4 Å². The van der Waals surface area contributed by atoms with Crippen molar-refractivity contribution < 1.29 is 0 Å². The summed E-state index contributed by atoms with van der Waals surface area (Å²) in [6.07, 6.45) is 2.83. The van der Waals surface area contributed by atoms with E-state index in [-0.39, 0.29) is 0 Å². The molecule has 0 saturated carbocycles. The Hall–Kier alpha value is -2.38. The van der Waals surface area contributed by atoms with Gasteiger partial charge in [-0.15, -0.1) is 0 Å². The van der Waals surface area contributed by atoms with Crippen molar-refractivity contribution in [3.05, 3.63) is 88.4 Å². The van der Waals surface area contributed by atoms with Gasteiger partial charge in [0.25, 0.3) is 0 Å². The molecule has 4 rings (SSSR count). The zero-order chi connectivity index (χ0) is 14.9. The van der Waals surface area contributed by atoms with Crippen LogP contribution in [-0.4, -0.2) is 6.21 Å². The minimum absolute atomic E-state index is 0.731. The van der Waals surface area contributed by atoms with E-state index in [9.17, 15) is 0 Å².